The second-order valence-electron chi connectivity index (χ2n) is 7.45. The van der Waals surface area contributed by atoms with Crippen LogP contribution in [0.25, 0.3) is 22.3 Å². The minimum absolute atomic E-state index is 0.0426. The zero-order chi connectivity index (χ0) is 20.4. The number of carboxylic acids is 1. The van der Waals surface area contributed by atoms with Crippen LogP contribution >= 0.6 is 0 Å². The Kier molecular flexibility index (Phi) is 5.29. The summed E-state index contributed by atoms with van der Waals surface area (Å²) in [5.41, 5.74) is 3.01. The molecule has 1 fully saturated rings. The average Bonchev–Trinajstić information content (AvgIpc) is 3.16. The Morgan fingerprint density at radius 3 is 2.55 bits per heavy atom. The van der Waals surface area contributed by atoms with Gasteiger partial charge in [0.15, 0.2) is 5.65 Å². The molecule has 7 nitrogen and oxygen atoms in total. The summed E-state index contributed by atoms with van der Waals surface area (Å²) in [7, 11) is 0. The van der Waals surface area contributed by atoms with Crippen molar-refractivity contribution in [3.8, 4) is 11.3 Å². The number of likely N-dealkylation sites (tertiary alicyclic amines) is 1. The van der Waals surface area contributed by atoms with E-state index in [2.05, 4.69) is 5.10 Å². The van der Waals surface area contributed by atoms with Crippen molar-refractivity contribution in [3.05, 3.63) is 48.2 Å². The van der Waals surface area contributed by atoms with Gasteiger partial charge in [-0.3, -0.25) is 9.59 Å². The Hall–Kier alpha value is -3.22. The van der Waals surface area contributed by atoms with Gasteiger partial charge in [-0.2, -0.15) is 5.10 Å². The second-order valence-corrected chi connectivity index (χ2v) is 7.45. The van der Waals surface area contributed by atoms with Crippen molar-refractivity contribution in [3.63, 3.8) is 0 Å². The maximum atomic E-state index is 13.4. The molecule has 3 aromatic rings. The fraction of sp³-hybridized carbons (Fsp3) is 0.364. The molecule has 2 aromatic heterocycles. The monoisotopic (exact) mass is 392 g/mol. The molecule has 0 spiro atoms. The van der Waals surface area contributed by atoms with E-state index in [1.807, 2.05) is 48.2 Å². The molecule has 1 saturated heterocycles. The van der Waals surface area contributed by atoms with E-state index >= 15 is 0 Å². The minimum atomic E-state index is -0.773. The van der Waals surface area contributed by atoms with Gasteiger partial charge in [0.1, 0.15) is 0 Å². The number of aliphatic carboxylic acids is 1. The first-order valence-corrected chi connectivity index (χ1v) is 10.00. The number of fused-ring (bicyclic) bond motifs is 1. The predicted octanol–water partition coefficient (Wildman–Crippen LogP) is 3.45. The molecule has 0 saturated carbocycles. The van der Waals surface area contributed by atoms with Crippen molar-refractivity contribution < 1.29 is 14.7 Å². The van der Waals surface area contributed by atoms with Gasteiger partial charge in [-0.1, -0.05) is 30.3 Å². The summed E-state index contributed by atoms with van der Waals surface area (Å²) in [5, 5.41) is 14.2. The van der Waals surface area contributed by atoms with Gasteiger partial charge in [-0.15, -0.1) is 0 Å². The third kappa shape index (κ3) is 3.85. The second kappa shape index (κ2) is 8.03. The van der Waals surface area contributed by atoms with Crippen LogP contribution in [0.3, 0.4) is 0 Å². The van der Waals surface area contributed by atoms with E-state index in [0.29, 0.717) is 43.7 Å². The molecule has 29 heavy (non-hydrogen) atoms. The molecule has 0 atom stereocenters. The first kappa shape index (κ1) is 19.1. The molecule has 4 rings (SSSR count). The van der Waals surface area contributed by atoms with Gasteiger partial charge in [0.05, 0.1) is 22.8 Å². The molecule has 0 radical (unpaired) electrons. The molecule has 0 unspecified atom stereocenters. The molecule has 1 aromatic carbocycles. The summed E-state index contributed by atoms with van der Waals surface area (Å²) < 4.78 is 1.80. The number of hydrogen-bond acceptors (Lipinski definition) is 4. The van der Waals surface area contributed by atoms with E-state index in [0.717, 1.165) is 16.6 Å². The lowest BCUT2D eigenvalue weighted by atomic mass is 9.93. The fourth-order valence-corrected chi connectivity index (χ4v) is 3.97. The van der Waals surface area contributed by atoms with E-state index < -0.39 is 5.97 Å². The number of rotatable bonds is 5. The molecule has 0 bridgehead atoms. The molecular weight excluding hydrogens is 368 g/mol. The highest BCUT2D eigenvalue weighted by atomic mass is 16.4. The van der Waals surface area contributed by atoms with Crippen LogP contribution in [0, 0.1) is 5.92 Å². The van der Waals surface area contributed by atoms with Gasteiger partial charge in [0.25, 0.3) is 5.91 Å². The lowest BCUT2D eigenvalue weighted by Gasteiger charge is -2.31. The highest BCUT2D eigenvalue weighted by Crippen LogP contribution is 2.28. The zero-order valence-electron chi connectivity index (χ0n) is 16.4. The number of hydrogen-bond donors (Lipinski definition) is 1. The Bertz CT molecular complexity index is 1040. The summed E-state index contributed by atoms with van der Waals surface area (Å²) in [6.45, 7) is 3.81. The Labute approximate surface area is 169 Å². The van der Waals surface area contributed by atoms with Gasteiger partial charge in [0.2, 0.25) is 0 Å². The van der Waals surface area contributed by atoms with Crippen molar-refractivity contribution in [2.45, 2.75) is 32.7 Å². The summed E-state index contributed by atoms with van der Waals surface area (Å²) in [6, 6.07) is 11.7. The van der Waals surface area contributed by atoms with E-state index in [1.54, 1.807) is 10.9 Å². The van der Waals surface area contributed by atoms with E-state index in [4.69, 9.17) is 10.1 Å². The number of aromatic nitrogens is 3. The van der Waals surface area contributed by atoms with E-state index in [1.165, 1.54) is 0 Å². The van der Waals surface area contributed by atoms with Crippen LogP contribution < -0.4 is 0 Å². The summed E-state index contributed by atoms with van der Waals surface area (Å²) >= 11 is 0. The molecule has 1 aliphatic rings. The number of nitrogens with zero attached hydrogens (tertiary/aromatic N) is 4. The summed E-state index contributed by atoms with van der Waals surface area (Å²) in [4.78, 5) is 30.9. The number of benzene rings is 1. The van der Waals surface area contributed by atoms with Gasteiger partial charge in [0, 0.05) is 31.6 Å². The van der Waals surface area contributed by atoms with Gasteiger partial charge < -0.3 is 10.0 Å². The number of carbonyl (C=O) groups excluding carboxylic acids is 1. The molecule has 150 valence electrons. The Balaban J connectivity index is 1.68. The van der Waals surface area contributed by atoms with E-state index in [9.17, 15) is 9.59 Å². The van der Waals surface area contributed by atoms with Crippen LogP contribution in [0.2, 0.25) is 0 Å². The first-order chi connectivity index (χ1) is 14.1. The van der Waals surface area contributed by atoms with Crippen molar-refractivity contribution in [1.82, 2.24) is 19.7 Å². The molecule has 1 aliphatic heterocycles. The number of carbonyl (C=O) groups is 2. The third-order valence-electron chi connectivity index (χ3n) is 5.57. The smallest absolute Gasteiger partial charge is 0.303 e. The van der Waals surface area contributed by atoms with Crippen LogP contribution in [0.1, 0.15) is 36.5 Å². The highest BCUT2D eigenvalue weighted by molar-refractivity contribution is 6.06. The zero-order valence-corrected chi connectivity index (χ0v) is 16.4. The molecule has 0 aliphatic carbocycles. The van der Waals surface area contributed by atoms with Crippen molar-refractivity contribution in [2.75, 3.05) is 13.1 Å². The standard InChI is InChI=1S/C22H24N4O3/c1-2-26-21-18(14-23-26)17(13-19(24-21)16-6-4-3-5-7-16)22(29)25-10-8-15(9-11-25)12-20(27)28/h3-7,13-15H,2,8-12H2,1H3,(H,27,28). The lowest BCUT2D eigenvalue weighted by Crippen LogP contribution is -2.39. The molecule has 1 N–H and O–H groups in total. The molecular formula is C22H24N4O3. The van der Waals surface area contributed by atoms with Crippen LogP contribution in [0.4, 0.5) is 0 Å². The van der Waals surface area contributed by atoms with Gasteiger partial charge in [-0.25, -0.2) is 9.67 Å². The SMILES string of the molecule is CCn1ncc2c(C(=O)N3CCC(CC(=O)O)CC3)cc(-c3ccccc3)nc21. The first-order valence-electron chi connectivity index (χ1n) is 10.00. The minimum Gasteiger partial charge on any atom is -0.481 e. The quantitative estimate of drug-likeness (QED) is 0.718. The van der Waals surface area contributed by atoms with Gasteiger partial charge >= 0.3 is 5.97 Å². The van der Waals surface area contributed by atoms with Crippen molar-refractivity contribution in [1.29, 1.82) is 0 Å². The average molecular weight is 392 g/mol. The number of aryl methyl sites for hydroxylation is 1. The largest absolute Gasteiger partial charge is 0.481 e. The normalized spacial score (nSPS) is 15.0. The molecule has 1 amide bonds. The number of pyridine rings is 1. The lowest BCUT2D eigenvalue weighted by molar-refractivity contribution is -0.138. The van der Waals surface area contributed by atoms with E-state index in [-0.39, 0.29) is 18.2 Å². The predicted molar refractivity (Wildman–Crippen MR) is 110 cm³/mol. The highest BCUT2D eigenvalue weighted by Gasteiger charge is 2.27. The molecule has 3 heterocycles. The van der Waals surface area contributed by atoms with Crippen LogP contribution in [0.15, 0.2) is 42.6 Å². The third-order valence-corrected chi connectivity index (χ3v) is 5.57. The Morgan fingerprint density at radius 1 is 1.17 bits per heavy atom. The summed E-state index contributed by atoms with van der Waals surface area (Å²) in [6.07, 6.45) is 3.31. The Morgan fingerprint density at radius 2 is 1.90 bits per heavy atom. The number of piperidine rings is 1. The maximum Gasteiger partial charge on any atom is 0.303 e. The number of carboxylic acid groups (broad SMARTS) is 1. The topological polar surface area (TPSA) is 88.3 Å². The van der Waals surface area contributed by atoms with Crippen LogP contribution in [-0.4, -0.2) is 49.7 Å². The molecule has 7 heteroatoms. The van der Waals surface area contributed by atoms with Crippen molar-refractivity contribution in [2.24, 2.45) is 5.92 Å². The number of amides is 1. The fourth-order valence-electron chi connectivity index (χ4n) is 3.97. The van der Waals surface area contributed by atoms with Crippen LogP contribution in [-0.2, 0) is 11.3 Å². The summed E-state index contributed by atoms with van der Waals surface area (Å²) in [5.74, 6) is -0.680. The van der Waals surface area contributed by atoms with Gasteiger partial charge in [-0.05, 0) is 31.7 Å². The van der Waals surface area contributed by atoms with Crippen LogP contribution in [0.5, 0.6) is 0 Å². The maximum absolute atomic E-state index is 13.4. The van der Waals surface area contributed by atoms with Crippen molar-refractivity contribution >= 4 is 22.9 Å².